The zero-order valence-electron chi connectivity index (χ0n) is 9.35. The molecular formula is C11H12N2O2S. The molecule has 0 saturated heterocycles. The Bertz CT molecular complexity index is 528. The van der Waals surface area contributed by atoms with Gasteiger partial charge in [0.1, 0.15) is 5.60 Å². The van der Waals surface area contributed by atoms with Crippen molar-refractivity contribution in [3.8, 4) is 0 Å². The zero-order chi connectivity index (χ0) is 11.8. The maximum Gasteiger partial charge on any atom is 0.359 e. The quantitative estimate of drug-likeness (QED) is 0.714. The first-order chi connectivity index (χ1) is 7.47. The molecule has 16 heavy (non-hydrogen) atoms. The molecular weight excluding hydrogens is 224 g/mol. The second kappa shape index (κ2) is 3.83. The third-order valence-electron chi connectivity index (χ3n) is 1.84. The third kappa shape index (κ3) is 2.19. The molecule has 0 amide bonds. The molecule has 5 heteroatoms. The van der Waals surface area contributed by atoms with Crippen LogP contribution in [0, 0.1) is 0 Å². The molecule has 0 N–H and O–H groups in total. The SMILES string of the molecule is CC(C)(C)OC(=O)c1nccc2ncsc12. The van der Waals surface area contributed by atoms with E-state index in [4.69, 9.17) is 4.74 Å². The summed E-state index contributed by atoms with van der Waals surface area (Å²) in [6, 6.07) is 1.78. The number of thiazole rings is 1. The van der Waals surface area contributed by atoms with E-state index in [-0.39, 0.29) is 0 Å². The normalized spacial score (nSPS) is 11.7. The topological polar surface area (TPSA) is 52.1 Å². The number of pyridine rings is 1. The fourth-order valence-electron chi connectivity index (χ4n) is 1.26. The summed E-state index contributed by atoms with van der Waals surface area (Å²) >= 11 is 1.39. The summed E-state index contributed by atoms with van der Waals surface area (Å²) < 4.78 is 6.05. The third-order valence-corrected chi connectivity index (χ3v) is 2.69. The van der Waals surface area contributed by atoms with Crippen LogP contribution in [-0.4, -0.2) is 21.5 Å². The van der Waals surface area contributed by atoms with Crippen molar-refractivity contribution in [1.29, 1.82) is 0 Å². The van der Waals surface area contributed by atoms with E-state index in [0.717, 1.165) is 10.2 Å². The second-order valence-corrected chi connectivity index (χ2v) is 5.22. The van der Waals surface area contributed by atoms with E-state index in [1.165, 1.54) is 11.3 Å². The zero-order valence-corrected chi connectivity index (χ0v) is 10.2. The second-order valence-electron chi connectivity index (χ2n) is 4.36. The molecule has 0 unspecified atom stereocenters. The first kappa shape index (κ1) is 11.0. The summed E-state index contributed by atoms with van der Waals surface area (Å²) in [7, 11) is 0. The molecule has 84 valence electrons. The van der Waals surface area contributed by atoms with Gasteiger partial charge in [-0.25, -0.2) is 14.8 Å². The fourth-order valence-corrected chi connectivity index (χ4v) is 2.02. The van der Waals surface area contributed by atoms with Gasteiger partial charge in [0.15, 0.2) is 5.69 Å². The highest BCUT2D eigenvalue weighted by atomic mass is 32.1. The number of esters is 1. The summed E-state index contributed by atoms with van der Waals surface area (Å²) in [4.78, 5) is 20.1. The number of carbonyl (C=O) groups excluding carboxylic acids is 1. The van der Waals surface area contributed by atoms with Gasteiger partial charge in [-0.15, -0.1) is 11.3 Å². The van der Waals surface area contributed by atoms with Gasteiger partial charge in [0.25, 0.3) is 0 Å². The molecule has 0 atom stereocenters. The van der Waals surface area contributed by atoms with Crippen LogP contribution in [0.25, 0.3) is 10.2 Å². The minimum atomic E-state index is -0.508. The van der Waals surface area contributed by atoms with Crippen molar-refractivity contribution in [2.75, 3.05) is 0 Å². The highest BCUT2D eigenvalue weighted by molar-refractivity contribution is 7.17. The smallest absolute Gasteiger partial charge is 0.359 e. The summed E-state index contributed by atoms with van der Waals surface area (Å²) in [5.41, 5.74) is 2.31. The van der Waals surface area contributed by atoms with E-state index in [0.29, 0.717) is 5.69 Å². The fraction of sp³-hybridized carbons (Fsp3) is 0.364. The lowest BCUT2D eigenvalue weighted by Crippen LogP contribution is -2.24. The Kier molecular flexibility index (Phi) is 2.63. The molecule has 2 rings (SSSR count). The summed E-state index contributed by atoms with van der Waals surface area (Å²) in [5, 5.41) is 0. The van der Waals surface area contributed by atoms with Crippen LogP contribution in [0.4, 0.5) is 0 Å². The molecule has 0 bridgehead atoms. The maximum absolute atomic E-state index is 11.9. The van der Waals surface area contributed by atoms with Crippen LogP contribution in [0.3, 0.4) is 0 Å². The number of nitrogens with zero attached hydrogens (tertiary/aromatic N) is 2. The Balaban J connectivity index is 2.40. The highest BCUT2D eigenvalue weighted by Crippen LogP contribution is 2.22. The van der Waals surface area contributed by atoms with Crippen molar-refractivity contribution in [2.45, 2.75) is 26.4 Å². The van der Waals surface area contributed by atoms with Gasteiger partial charge in [-0.3, -0.25) is 0 Å². The van der Waals surface area contributed by atoms with Crippen LogP contribution in [0.1, 0.15) is 31.3 Å². The van der Waals surface area contributed by atoms with Gasteiger partial charge in [-0.05, 0) is 26.8 Å². The minimum absolute atomic E-state index is 0.343. The van der Waals surface area contributed by atoms with E-state index >= 15 is 0 Å². The number of rotatable bonds is 1. The molecule has 0 aliphatic heterocycles. The molecule has 0 fully saturated rings. The number of aromatic nitrogens is 2. The number of hydrogen-bond acceptors (Lipinski definition) is 5. The van der Waals surface area contributed by atoms with Gasteiger partial charge < -0.3 is 4.74 Å². The summed E-state index contributed by atoms with van der Waals surface area (Å²) in [6.45, 7) is 5.49. The Morgan fingerprint density at radius 3 is 2.81 bits per heavy atom. The predicted molar refractivity (Wildman–Crippen MR) is 62.6 cm³/mol. The standard InChI is InChI=1S/C11H12N2O2S/c1-11(2,3)15-10(14)8-9-7(4-5-12-8)13-6-16-9/h4-6H,1-3H3. The van der Waals surface area contributed by atoms with Gasteiger partial charge in [0.2, 0.25) is 0 Å². The van der Waals surface area contributed by atoms with E-state index in [2.05, 4.69) is 9.97 Å². The van der Waals surface area contributed by atoms with Crippen molar-refractivity contribution < 1.29 is 9.53 Å². The average molecular weight is 236 g/mol. The van der Waals surface area contributed by atoms with E-state index < -0.39 is 11.6 Å². The molecule has 2 aromatic heterocycles. The Morgan fingerprint density at radius 1 is 1.38 bits per heavy atom. The average Bonchev–Trinajstić information content (AvgIpc) is 2.61. The van der Waals surface area contributed by atoms with Crippen LogP contribution in [-0.2, 0) is 4.74 Å². The molecule has 0 aliphatic rings. The van der Waals surface area contributed by atoms with Crippen molar-refractivity contribution in [3.05, 3.63) is 23.5 Å². The minimum Gasteiger partial charge on any atom is -0.455 e. The van der Waals surface area contributed by atoms with Crippen LogP contribution >= 0.6 is 11.3 Å². The lowest BCUT2D eigenvalue weighted by Gasteiger charge is -2.19. The van der Waals surface area contributed by atoms with E-state index in [9.17, 15) is 4.79 Å². The molecule has 2 aromatic rings. The summed E-state index contributed by atoms with van der Waals surface area (Å²) in [6.07, 6.45) is 1.57. The monoisotopic (exact) mass is 236 g/mol. The largest absolute Gasteiger partial charge is 0.455 e. The van der Waals surface area contributed by atoms with Crippen LogP contribution in [0.5, 0.6) is 0 Å². The Labute approximate surface area is 97.3 Å². The molecule has 0 aliphatic carbocycles. The van der Waals surface area contributed by atoms with Crippen molar-refractivity contribution in [2.24, 2.45) is 0 Å². The number of fused-ring (bicyclic) bond motifs is 1. The van der Waals surface area contributed by atoms with Crippen LogP contribution < -0.4 is 0 Å². The number of hydrogen-bond donors (Lipinski definition) is 0. The van der Waals surface area contributed by atoms with Gasteiger partial charge in [0.05, 0.1) is 15.7 Å². The van der Waals surface area contributed by atoms with Crippen molar-refractivity contribution in [3.63, 3.8) is 0 Å². The van der Waals surface area contributed by atoms with E-state index in [1.54, 1.807) is 17.8 Å². The Hall–Kier alpha value is -1.49. The van der Waals surface area contributed by atoms with Gasteiger partial charge in [-0.2, -0.15) is 0 Å². The van der Waals surface area contributed by atoms with Crippen LogP contribution in [0.15, 0.2) is 17.8 Å². The lowest BCUT2D eigenvalue weighted by molar-refractivity contribution is 0.00656. The first-order valence-electron chi connectivity index (χ1n) is 4.89. The summed E-state index contributed by atoms with van der Waals surface area (Å²) in [5.74, 6) is -0.401. The first-order valence-corrected chi connectivity index (χ1v) is 5.77. The number of ether oxygens (including phenoxy) is 1. The molecule has 0 saturated carbocycles. The number of carbonyl (C=O) groups is 1. The van der Waals surface area contributed by atoms with Gasteiger partial charge >= 0.3 is 5.97 Å². The molecule has 2 heterocycles. The van der Waals surface area contributed by atoms with Gasteiger partial charge in [0, 0.05) is 6.20 Å². The molecule has 4 nitrogen and oxygen atoms in total. The lowest BCUT2D eigenvalue weighted by atomic mass is 10.2. The van der Waals surface area contributed by atoms with Crippen LogP contribution in [0.2, 0.25) is 0 Å². The van der Waals surface area contributed by atoms with Crippen molar-refractivity contribution in [1.82, 2.24) is 9.97 Å². The van der Waals surface area contributed by atoms with Crippen molar-refractivity contribution >= 4 is 27.5 Å². The van der Waals surface area contributed by atoms with Gasteiger partial charge in [-0.1, -0.05) is 0 Å². The molecule has 0 aromatic carbocycles. The molecule has 0 radical (unpaired) electrons. The predicted octanol–water partition coefficient (Wildman–Crippen LogP) is 2.65. The maximum atomic E-state index is 11.9. The van der Waals surface area contributed by atoms with E-state index in [1.807, 2.05) is 20.8 Å². The highest BCUT2D eigenvalue weighted by Gasteiger charge is 2.21. The Morgan fingerprint density at radius 2 is 2.12 bits per heavy atom. The molecule has 0 spiro atoms.